The molecule has 0 saturated heterocycles. The topological polar surface area (TPSA) is 77.7 Å². The van der Waals surface area contributed by atoms with Crippen molar-refractivity contribution in [3.63, 3.8) is 0 Å². The van der Waals surface area contributed by atoms with E-state index in [1.807, 2.05) is 43.7 Å². The van der Waals surface area contributed by atoms with E-state index in [4.69, 9.17) is 9.47 Å². The fourth-order valence-corrected chi connectivity index (χ4v) is 2.44. The molecule has 1 heterocycles. The second-order valence-corrected chi connectivity index (χ2v) is 5.70. The van der Waals surface area contributed by atoms with Crippen LogP contribution >= 0.6 is 0 Å². The minimum absolute atomic E-state index is 0.160. The molecule has 0 unspecified atom stereocenters. The number of carbonyl (C=O) groups excluding carboxylic acids is 1. The van der Waals surface area contributed by atoms with Gasteiger partial charge in [0.15, 0.2) is 11.5 Å². The van der Waals surface area contributed by atoms with Crippen molar-refractivity contribution in [2.75, 3.05) is 14.2 Å². The van der Waals surface area contributed by atoms with Gasteiger partial charge in [0.05, 0.1) is 32.2 Å². The number of ether oxygens (including phenoxy) is 2. The Kier molecular flexibility index (Phi) is 6.16. The molecule has 25 heavy (non-hydrogen) atoms. The quantitative estimate of drug-likeness (QED) is 0.618. The van der Waals surface area contributed by atoms with Crippen LogP contribution in [0.25, 0.3) is 0 Å². The monoisotopic (exact) mass is 344 g/mol. The minimum atomic E-state index is -0.160. The largest absolute Gasteiger partial charge is 0.493 e. The first kappa shape index (κ1) is 18.5. The molecule has 0 fully saturated rings. The van der Waals surface area contributed by atoms with Crippen molar-refractivity contribution < 1.29 is 14.3 Å². The summed E-state index contributed by atoms with van der Waals surface area (Å²) < 4.78 is 12.3. The molecule has 0 aliphatic rings. The number of hydrazone groups is 1. The second kappa shape index (κ2) is 8.32. The van der Waals surface area contributed by atoms with Gasteiger partial charge in [0.25, 0.3) is 0 Å². The van der Waals surface area contributed by atoms with Gasteiger partial charge in [-0.3, -0.25) is 9.48 Å². The van der Waals surface area contributed by atoms with Crippen molar-refractivity contribution in [2.24, 2.45) is 5.10 Å². The van der Waals surface area contributed by atoms with Crippen LogP contribution in [-0.4, -0.2) is 35.6 Å². The Hall–Kier alpha value is -2.83. The van der Waals surface area contributed by atoms with E-state index >= 15 is 0 Å². The lowest BCUT2D eigenvalue weighted by atomic mass is 10.1. The number of methoxy groups -OCH3 is 2. The first-order valence-electron chi connectivity index (χ1n) is 8.01. The molecule has 1 N–H and O–H groups in total. The number of nitrogens with one attached hydrogen (secondary N) is 1. The van der Waals surface area contributed by atoms with Gasteiger partial charge in [-0.25, -0.2) is 5.43 Å². The van der Waals surface area contributed by atoms with Crippen molar-refractivity contribution in [1.82, 2.24) is 15.2 Å². The summed E-state index contributed by atoms with van der Waals surface area (Å²) in [6.45, 7) is 6.25. The van der Waals surface area contributed by atoms with Crippen molar-refractivity contribution >= 4 is 11.6 Å². The maximum Gasteiger partial charge on any atom is 0.241 e. The van der Waals surface area contributed by atoms with Gasteiger partial charge in [0.1, 0.15) is 0 Å². The predicted octanol–water partition coefficient (Wildman–Crippen LogP) is 2.45. The highest BCUT2D eigenvalue weighted by molar-refractivity contribution is 5.99. The van der Waals surface area contributed by atoms with Crippen LogP contribution < -0.4 is 14.9 Å². The van der Waals surface area contributed by atoms with Crippen LogP contribution in [-0.2, 0) is 11.3 Å². The van der Waals surface area contributed by atoms with Crippen LogP contribution in [0.5, 0.6) is 11.5 Å². The summed E-state index contributed by atoms with van der Waals surface area (Å²) in [5.41, 5.74) is 6.09. The van der Waals surface area contributed by atoms with E-state index in [-0.39, 0.29) is 5.91 Å². The zero-order chi connectivity index (χ0) is 18.4. The molecule has 1 aromatic carbocycles. The average molecular weight is 344 g/mol. The number of benzene rings is 1. The van der Waals surface area contributed by atoms with E-state index in [1.54, 1.807) is 20.3 Å². The zero-order valence-electron chi connectivity index (χ0n) is 15.3. The summed E-state index contributed by atoms with van der Waals surface area (Å²) in [6, 6.07) is 7.47. The molecule has 0 saturated carbocycles. The van der Waals surface area contributed by atoms with Crippen molar-refractivity contribution in [1.29, 1.82) is 0 Å². The van der Waals surface area contributed by atoms with Crippen LogP contribution in [0.15, 0.2) is 29.4 Å². The number of amides is 1. The van der Waals surface area contributed by atoms with E-state index in [0.29, 0.717) is 30.2 Å². The third-order valence-corrected chi connectivity index (χ3v) is 3.80. The number of nitrogens with zero attached hydrogens (tertiary/aromatic N) is 3. The summed E-state index contributed by atoms with van der Waals surface area (Å²) in [7, 11) is 3.16. The van der Waals surface area contributed by atoms with Crippen LogP contribution in [0.1, 0.15) is 30.3 Å². The Labute approximate surface area is 147 Å². The fourth-order valence-electron chi connectivity index (χ4n) is 2.44. The van der Waals surface area contributed by atoms with Gasteiger partial charge in [-0.15, -0.1) is 0 Å². The summed E-state index contributed by atoms with van der Waals surface area (Å²) in [5, 5.41) is 8.49. The molecule has 0 aliphatic carbocycles. The highest BCUT2D eigenvalue weighted by Gasteiger charge is 2.08. The summed E-state index contributed by atoms with van der Waals surface area (Å²) in [5.74, 6) is 1.10. The van der Waals surface area contributed by atoms with Gasteiger partial charge in [-0.1, -0.05) is 0 Å². The number of aryl methyl sites for hydroxylation is 3. The Morgan fingerprint density at radius 2 is 1.92 bits per heavy atom. The molecule has 0 spiro atoms. The third-order valence-electron chi connectivity index (χ3n) is 3.80. The van der Waals surface area contributed by atoms with Gasteiger partial charge in [0.2, 0.25) is 5.91 Å². The van der Waals surface area contributed by atoms with Gasteiger partial charge < -0.3 is 9.47 Å². The Morgan fingerprint density at radius 1 is 1.20 bits per heavy atom. The first-order valence-corrected chi connectivity index (χ1v) is 8.01. The van der Waals surface area contributed by atoms with Crippen molar-refractivity contribution in [2.45, 2.75) is 33.7 Å². The van der Waals surface area contributed by atoms with E-state index in [9.17, 15) is 4.79 Å². The Morgan fingerprint density at radius 3 is 2.52 bits per heavy atom. The zero-order valence-corrected chi connectivity index (χ0v) is 15.3. The van der Waals surface area contributed by atoms with Crippen LogP contribution in [0.4, 0.5) is 0 Å². The lowest BCUT2D eigenvalue weighted by Crippen LogP contribution is -2.21. The van der Waals surface area contributed by atoms with E-state index in [1.165, 1.54) is 0 Å². The summed E-state index contributed by atoms with van der Waals surface area (Å²) in [6.07, 6.45) is 0.310. The molecule has 1 aromatic heterocycles. The fraction of sp³-hybridized carbons (Fsp3) is 0.389. The molecule has 1 amide bonds. The smallest absolute Gasteiger partial charge is 0.241 e. The maximum atomic E-state index is 12.0. The molecule has 0 aliphatic heterocycles. The lowest BCUT2D eigenvalue weighted by molar-refractivity contribution is -0.121. The molecular weight excluding hydrogens is 320 g/mol. The molecule has 0 bridgehead atoms. The van der Waals surface area contributed by atoms with E-state index in [0.717, 1.165) is 17.0 Å². The normalized spacial score (nSPS) is 11.3. The Balaban J connectivity index is 1.96. The van der Waals surface area contributed by atoms with Gasteiger partial charge in [-0.2, -0.15) is 10.2 Å². The molecule has 134 valence electrons. The molecule has 7 nitrogen and oxygen atoms in total. The molecule has 7 heteroatoms. The van der Waals surface area contributed by atoms with Crippen LogP contribution in [0.2, 0.25) is 0 Å². The lowest BCUT2D eigenvalue weighted by Gasteiger charge is -2.09. The number of aromatic nitrogens is 2. The van der Waals surface area contributed by atoms with E-state index in [2.05, 4.69) is 15.6 Å². The molecule has 0 atom stereocenters. The molecular formula is C18H24N4O3. The highest BCUT2D eigenvalue weighted by atomic mass is 16.5. The van der Waals surface area contributed by atoms with Gasteiger partial charge >= 0.3 is 0 Å². The number of hydrogen-bond donors (Lipinski definition) is 1. The first-order chi connectivity index (χ1) is 11.9. The Bertz CT molecular complexity index is 781. The molecule has 2 rings (SSSR count). The van der Waals surface area contributed by atoms with Gasteiger partial charge in [0, 0.05) is 17.7 Å². The number of rotatable bonds is 7. The van der Waals surface area contributed by atoms with Crippen LogP contribution in [0, 0.1) is 13.8 Å². The maximum absolute atomic E-state index is 12.0. The highest BCUT2D eigenvalue weighted by Crippen LogP contribution is 2.27. The van der Waals surface area contributed by atoms with E-state index < -0.39 is 0 Å². The third kappa shape index (κ3) is 4.82. The standard InChI is InChI=1S/C18H24N4O3/c1-12-10-13(2)22(21-12)9-8-18(23)20-19-14(3)15-6-7-16(24-4)17(11-15)25-5/h6-7,10-11H,8-9H2,1-5H3,(H,20,23)/b19-14+. The van der Waals surface area contributed by atoms with Gasteiger partial charge in [-0.05, 0) is 45.0 Å². The molecule has 0 radical (unpaired) electrons. The number of carbonyl (C=O) groups is 1. The van der Waals surface area contributed by atoms with Crippen molar-refractivity contribution in [3.8, 4) is 11.5 Å². The summed E-state index contributed by atoms with van der Waals surface area (Å²) >= 11 is 0. The van der Waals surface area contributed by atoms with Crippen molar-refractivity contribution in [3.05, 3.63) is 41.2 Å². The summed E-state index contributed by atoms with van der Waals surface area (Å²) in [4.78, 5) is 12.0. The SMILES string of the molecule is COc1ccc(/C(C)=N/NC(=O)CCn2nc(C)cc2C)cc1OC. The van der Waals surface area contributed by atoms with Crippen LogP contribution in [0.3, 0.4) is 0 Å². The predicted molar refractivity (Wildman–Crippen MR) is 96.2 cm³/mol. The second-order valence-electron chi connectivity index (χ2n) is 5.70. The molecule has 2 aromatic rings. The number of hydrogen-bond acceptors (Lipinski definition) is 5. The average Bonchev–Trinajstić information content (AvgIpc) is 2.94. The minimum Gasteiger partial charge on any atom is -0.493 e.